The third kappa shape index (κ3) is 2.69. The summed E-state index contributed by atoms with van der Waals surface area (Å²) in [5.74, 6) is -1.14. The number of carbonyl (C=O) groups is 2. The number of carbonyl (C=O) groups excluding carboxylic acids is 1. The van der Waals surface area contributed by atoms with E-state index in [0.717, 1.165) is 12.8 Å². The highest BCUT2D eigenvalue weighted by Crippen LogP contribution is 2.30. The largest absolute Gasteiger partial charge is 0.480 e. The first-order valence-electron chi connectivity index (χ1n) is 5.27. The van der Waals surface area contributed by atoms with E-state index in [1.54, 1.807) is 13.0 Å². The molecule has 5 nitrogen and oxygen atoms in total. The molecule has 0 atom stereocenters. The third-order valence-corrected chi connectivity index (χ3v) is 3.03. The van der Waals surface area contributed by atoms with Crippen LogP contribution < -0.4 is 0 Å². The maximum absolute atomic E-state index is 12.1. The normalized spacial score (nSPS) is 14.7. The third-order valence-electron chi connectivity index (χ3n) is 2.64. The number of carboxylic acid groups (broad SMARTS) is 1. The molecule has 17 heavy (non-hydrogen) atoms. The van der Waals surface area contributed by atoms with Gasteiger partial charge in [-0.2, -0.15) is 0 Å². The van der Waals surface area contributed by atoms with E-state index in [2.05, 4.69) is 15.9 Å². The first-order valence-corrected chi connectivity index (χ1v) is 6.07. The number of amides is 1. The lowest BCUT2D eigenvalue weighted by Gasteiger charge is -2.19. The molecule has 0 spiro atoms. The van der Waals surface area contributed by atoms with Crippen molar-refractivity contribution in [3.63, 3.8) is 0 Å². The van der Waals surface area contributed by atoms with Crippen LogP contribution >= 0.6 is 15.9 Å². The van der Waals surface area contributed by atoms with Gasteiger partial charge in [-0.05, 0) is 41.8 Å². The van der Waals surface area contributed by atoms with Crippen LogP contribution in [-0.4, -0.2) is 34.5 Å². The Kier molecular flexibility index (Phi) is 3.24. The van der Waals surface area contributed by atoms with Crippen LogP contribution in [-0.2, 0) is 4.79 Å². The Morgan fingerprint density at radius 3 is 2.65 bits per heavy atom. The Bertz CT molecular complexity index is 464. The molecule has 1 amide bonds. The zero-order chi connectivity index (χ0) is 12.6. The summed E-state index contributed by atoms with van der Waals surface area (Å²) in [5.41, 5.74) is 0.706. The molecule has 0 unspecified atom stereocenters. The number of carboxylic acids is 1. The van der Waals surface area contributed by atoms with E-state index < -0.39 is 5.97 Å². The number of halogens is 1. The molecule has 6 heteroatoms. The van der Waals surface area contributed by atoms with Crippen molar-refractivity contribution in [1.82, 2.24) is 4.90 Å². The molecule has 0 saturated heterocycles. The van der Waals surface area contributed by atoms with Crippen LogP contribution in [0.15, 0.2) is 15.2 Å². The fraction of sp³-hybridized carbons (Fsp3) is 0.455. The lowest BCUT2D eigenvalue weighted by molar-refractivity contribution is -0.137. The average molecular weight is 302 g/mol. The summed E-state index contributed by atoms with van der Waals surface area (Å²) < 4.78 is 5.73. The highest BCUT2D eigenvalue weighted by Gasteiger charge is 2.36. The Balaban J connectivity index is 2.21. The van der Waals surface area contributed by atoms with Crippen molar-refractivity contribution in [2.45, 2.75) is 25.8 Å². The van der Waals surface area contributed by atoms with Gasteiger partial charge in [0.05, 0.1) is 0 Å². The average Bonchev–Trinajstić information content (AvgIpc) is 3.00. The zero-order valence-corrected chi connectivity index (χ0v) is 10.9. The van der Waals surface area contributed by atoms with E-state index in [4.69, 9.17) is 9.52 Å². The van der Waals surface area contributed by atoms with Gasteiger partial charge in [0.25, 0.3) is 5.91 Å². The smallest absolute Gasteiger partial charge is 0.323 e. The number of hydrogen-bond acceptors (Lipinski definition) is 3. The molecule has 1 aromatic rings. The summed E-state index contributed by atoms with van der Waals surface area (Å²) in [7, 11) is 0. The summed E-state index contributed by atoms with van der Waals surface area (Å²) in [6, 6.07) is 1.74. The van der Waals surface area contributed by atoms with Gasteiger partial charge in [0, 0.05) is 11.6 Å². The minimum Gasteiger partial charge on any atom is -0.480 e. The molecule has 1 saturated carbocycles. The molecule has 1 aromatic heterocycles. The Labute approximate surface area is 107 Å². The molecular formula is C11H12BrNO4. The number of nitrogens with zero attached hydrogens (tertiary/aromatic N) is 1. The molecule has 0 bridgehead atoms. The predicted molar refractivity (Wildman–Crippen MR) is 62.8 cm³/mol. The number of furan rings is 1. The maximum Gasteiger partial charge on any atom is 0.323 e. The van der Waals surface area contributed by atoms with Crippen LogP contribution in [0.2, 0.25) is 0 Å². The Morgan fingerprint density at radius 1 is 1.59 bits per heavy atom. The second kappa shape index (κ2) is 4.52. The van der Waals surface area contributed by atoms with Crippen LogP contribution in [0, 0.1) is 6.92 Å². The molecule has 2 rings (SSSR count). The first-order chi connectivity index (χ1) is 7.99. The van der Waals surface area contributed by atoms with E-state index >= 15 is 0 Å². The Hall–Kier alpha value is -1.30. The van der Waals surface area contributed by atoms with Gasteiger partial charge in [-0.3, -0.25) is 9.59 Å². The molecule has 1 fully saturated rings. The molecule has 0 radical (unpaired) electrons. The minimum absolute atomic E-state index is 0.0434. The van der Waals surface area contributed by atoms with Crippen LogP contribution in [0.4, 0.5) is 0 Å². The van der Waals surface area contributed by atoms with Crippen molar-refractivity contribution in [1.29, 1.82) is 0 Å². The van der Waals surface area contributed by atoms with Gasteiger partial charge in [0.15, 0.2) is 10.4 Å². The lowest BCUT2D eigenvalue weighted by atomic mass is 10.2. The van der Waals surface area contributed by atoms with Crippen LogP contribution in [0.5, 0.6) is 0 Å². The minimum atomic E-state index is -1.01. The molecule has 0 aliphatic heterocycles. The second-order valence-electron chi connectivity index (χ2n) is 4.12. The van der Waals surface area contributed by atoms with E-state index in [9.17, 15) is 9.59 Å². The quantitative estimate of drug-likeness (QED) is 0.924. The summed E-state index contributed by atoms with van der Waals surface area (Å²) in [6.07, 6.45) is 1.72. The van der Waals surface area contributed by atoms with Gasteiger partial charge in [-0.15, -0.1) is 0 Å². The molecule has 1 aliphatic carbocycles. The lowest BCUT2D eigenvalue weighted by Crippen LogP contribution is -2.37. The summed E-state index contributed by atoms with van der Waals surface area (Å²) in [6.45, 7) is 1.48. The highest BCUT2D eigenvalue weighted by molar-refractivity contribution is 9.10. The number of hydrogen-bond donors (Lipinski definition) is 1. The summed E-state index contributed by atoms with van der Waals surface area (Å²) in [4.78, 5) is 24.2. The summed E-state index contributed by atoms with van der Waals surface area (Å²) in [5, 5.41) is 8.80. The predicted octanol–water partition coefficient (Wildman–Crippen LogP) is 2.04. The SMILES string of the molecule is Cc1cc(Br)oc1C(=O)N(CC(=O)O)C1CC1. The Morgan fingerprint density at radius 2 is 2.24 bits per heavy atom. The van der Waals surface area contributed by atoms with Gasteiger partial charge >= 0.3 is 5.97 Å². The fourth-order valence-electron chi connectivity index (χ4n) is 1.68. The van der Waals surface area contributed by atoms with Crippen molar-refractivity contribution in [2.24, 2.45) is 0 Å². The molecule has 1 aliphatic rings. The standard InChI is InChI=1S/C11H12BrNO4/c1-6-4-8(12)17-10(6)11(16)13(5-9(14)15)7-2-3-7/h4,7H,2-3,5H2,1H3,(H,14,15). The van der Waals surface area contributed by atoms with Crippen LogP contribution in [0.25, 0.3) is 0 Å². The molecule has 92 valence electrons. The number of aliphatic carboxylic acids is 1. The van der Waals surface area contributed by atoms with Gasteiger partial charge < -0.3 is 14.4 Å². The molecular weight excluding hydrogens is 290 g/mol. The van der Waals surface area contributed by atoms with Crippen molar-refractivity contribution in [2.75, 3.05) is 6.54 Å². The van der Waals surface area contributed by atoms with Gasteiger partial charge in [-0.1, -0.05) is 0 Å². The fourth-order valence-corrected chi connectivity index (χ4v) is 2.19. The van der Waals surface area contributed by atoms with Gasteiger partial charge in [0.2, 0.25) is 0 Å². The number of rotatable bonds is 4. The van der Waals surface area contributed by atoms with E-state index in [0.29, 0.717) is 10.2 Å². The van der Waals surface area contributed by atoms with Crippen molar-refractivity contribution >= 4 is 27.8 Å². The van der Waals surface area contributed by atoms with E-state index in [1.807, 2.05) is 0 Å². The monoisotopic (exact) mass is 301 g/mol. The molecule has 1 heterocycles. The van der Waals surface area contributed by atoms with Crippen LogP contribution in [0.1, 0.15) is 29.0 Å². The van der Waals surface area contributed by atoms with E-state index in [-0.39, 0.29) is 24.3 Å². The first kappa shape index (κ1) is 12.2. The molecule has 0 aromatic carbocycles. The highest BCUT2D eigenvalue weighted by atomic mass is 79.9. The summed E-state index contributed by atoms with van der Waals surface area (Å²) >= 11 is 3.15. The van der Waals surface area contributed by atoms with Gasteiger partial charge in [-0.25, -0.2) is 0 Å². The second-order valence-corrected chi connectivity index (χ2v) is 4.90. The maximum atomic E-state index is 12.1. The number of aryl methyl sites for hydroxylation is 1. The van der Waals surface area contributed by atoms with Crippen molar-refractivity contribution in [3.8, 4) is 0 Å². The van der Waals surface area contributed by atoms with Gasteiger partial charge in [0.1, 0.15) is 6.54 Å². The van der Waals surface area contributed by atoms with Crippen molar-refractivity contribution in [3.05, 3.63) is 22.1 Å². The van der Waals surface area contributed by atoms with E-state index in [1.165, 1.54) is 4.90 Å². The molecule has 1 N–H and O–H groups in total. The zero-order valence-electron chi connectivity index (χ0n) is 9.27. The van der Waals surface area contributed by atoms with Crippen molar-refractivity contribution < 1.29 is 19.1 Å². The van der Waals surface area contributed by atoms with Crippen LogP contribution in [0.3, 0.4) is 0 Å². The topological polar surface area (TPSA) is 70.8 Å².